The van der Waals surface area contributed by atoms with Crippen LogP contribution in [-0.2, 0) is 10.2 Å². The van der Waals surface area contributed by atoms with Crippen LogP contribution in [0.1, 0.15) is 43.4 Å². The van der Waals surface area contributed by atoms with Crippen molar-refractivity contribution in [2.45, 2.75) is 37.6 Å². The van der Waals surface area contributed by atoms with Crippen LogP contribution in [0.25, 0.3) is 21.7 Å². The lowest BCUT2D eigenvalue weighted by Crippen LogP contribution is -2.47. The zero-order valence-corrected chi connectivity index (χ0v) is 21.2. The number of halogens is 1. The molecule has 1 aliphatic rings. The molecule has 1 unspecified atom stereocenters. The van der Waals surface area contributed by atoms with Crippen LogP contribution in [0.5, 0.6) is 0 Å². The van der Waals surface area contributed by atoms with Crippen molar-refractivity contribution in [2.24, 2.45) is 0 Å². The summed E-state index contributed by atoms with van der Waals surface area (Å²) in [5.74, 6) is 0.0163. The number of benzene rings is 3. The zero-order valence-electron chi connectivity index (χ0n) is 20.4. The minimum Gasteiger partial charge on any atom is -0.465 e. The van der Waals surface area contributed by atoms with Gasteiger partial charge in [-0.15, -0.1) is 0 Å². The molecule has 1 fully saturated rings. The van der Waals surface area contributed by atoms with Crippen molar-refractivity contribution in [3.05, 3.63) is 83.1 Å². The van der Waals surface area contributed by atoms with Crippen molar-refractivity contribution in [3.8, 4) is 0 Å². The summed E-state index contributed by atoms with van der Waals surface area (Å²) in [7, 11) is 1.84. The first-order valence-electron chi connectivity index (χ1n) is 12.2. The average Bonchev–Trinajstić information content (AvgIpc) is 3.35. The lowest BCUT2D eigenvalue weighted by atomic mass is 9.70. The van der Waals surface area contributed by atoms with E-state index in [4.69, 9.17) is 16.0 Å². The number of hydrogen-bond acceptors (Lipinski definition) is 3. The van der Waals surface area contributed by atoms with Gasteiger partial charge in [0.15, 0.2) is 0 Å². The summed E-state index contributed by atoms with van der Waals surface area (Å²) in [6.45, 7) is 2.81. The number of nitrogens with zero attached hydrogens (tertiary/aromatic N) is 2. The molecule has 0 radical (unpaired) electrons. The Morgan fingerprint density at radius 1 is 1.08 bits per heavy atom. The molecule has 1 N–H and O–H groups in total. The molecule has 0 aliphatic carbocycles. The fraction of sp³-hybridized carbons (Fsp3) is 0.310. The summed E-state index contributed by atoms with van der Waals surface area (Å²) in [6, 6.07) is 19.7. The molecular weight excluding hydrogens is 476 g/mol. The third-order valence-electron chi connectivity index (χ3n) is 7.83. The van der Waals surface area contributed by atoms with Gasteiger partial charge < -0.3 is 19.3 Å². The lowest BCUT2D eigenvalue weighted by molar-refractivity contribution is -0.133. The van der Waals surface area contributed by atoms with Crippen LogP contribution in [0.4, 0.5) is 4.79 Å². The number of amides is 2. The normalized spacial score (nSPS) is 16.2. The van der Waals surface area contributed by atoms with E-state index < -0.39 is 11.5 Å². The van der Waals surface area contributed by atoms with Crippen molar-refractivity contribution in [2.75, 3.05) is 20.1 Å². The highest BCUT2D eigenvalue weighted by Gasteiger charge is 2.40. The summed E-state index contributed by atoms with van der Waals surface area (Å²) < 4.78 is 5.51. The molecule has 1 atom stereocenters. The van der Waals surface area contributed by atoms with Crippen LogP contribution >= 0.6 is 11.6 Å². The van der Waals surface area contributed by atoms with E-state index in [1.54, 1.807) is 11.2 Å². The summed E-state index contributed by atoms with van der Waals surface area (Å²) in [5, 5.41) is 13.2. The summed E-state index contributed by atoms with van der Waals surface area (Å²) >= 11 is 6.42. The second kappa shape index (κ2) is 9.51. The molecule has 186 valence electrons. The summed E-state index contributed by atoms with van der Waals surface area (Å²) in [6.07, 6.45) is 2.19. The smallest absolute Gasteiger partial charge is 0.407 e. The molecule has 1 saturated heterocycles. The van der Waals surface area contributed by atoms with E-state index in [2.05, 4.69) is 12.1 Å². The molecule has 0 spiro atoms. The molecule has 1 aliphatic heterocycles. The molecule has 7 heteroatoms. The Labute approximate surface area is 215 Å². The van der Waals surface area contributed by atoms with E-state index in [0.29, 0.717) is 37.4 Å². The Balaban J connectivity index is 1.46. The van der Waals surface area contributed by atoms with Crippen LogP contribution in [0.3, 0.4) is 0 Å². The van der Waals surface area contributed by atoms with Crippen LogP contribution in [0.2, 0.25) is 5.02 Å². The van der Waals surface area contributed by atoms with Crippen LogP contribution in [0, 0.1) is 0 Å². The first kappa shape index (κ1) is 24.2. The predicted octanol–water partition coefficient (Wildman–Crippen LogP) is 6.86. The number of carbonyl (C=O) groups excluding carboxylic acids is 1. The summed E-state index contributed by atoms with van der Waals surface area (Å²) in [4.78, 5) is 28.6. The Bertz CT molecular complexity index is 1440. The molecule has 2 amide bonds. The average molecular weight is 505 g/mol. The van der Waals surface area contributed by atoms with E-state index in [0.717, 1.165) is 32.9 Å². The van der Waals surface area contributed by atoms with Crippen molar-refractivity contribution in [1.29, 1.82) is 0 Å². The molecule has 1 aromatic heterocycles. The van der Waals surface area contributed by atoms with Crippen LogP contribution in [0.15, 0.2) is 71.3 Å². The van der Waals surface area contributed by atoms with E-state index in [9.17, 15) is 14.7 Å². The second-order valence-electron chi connectivity index (χ2n) is 9.80. The fourth-order valence-corrected chi connectivity index (χ4v) is 5.71. The quantitative estimate of drug-likeness (QED) is 0.322. The van der Waals surface area contributed by atoms with E-state index >= 15 is 0 Å². The number of fused-ring (bicyclic) bond motifs is 2. The van der Waals surface area contributed by atoms with E-state index in [1.165, 1.54) is 4.90 Å². The highest BCUT2D eigenvalue weighted by Crippen LogP contribution is 2.41. The third kappa shape index (κ3) is 4.42. The minimum atomic E-state index is -0.918. The standard InChI is InChI=1S/C29H29ClN2O4/c1-19(25-17-23(30)16-20-5-3-4-6-24(20)25)31(2)27(33)18-29(10-12-32(13-11-29)28(34)35)22-7-8-26-21(15-22)9-14-36-26/h3-9,14-17,19H,10-13,18H2,1-2H3,(H,34,35). The van der Waals surface area contributed by atoms with Gasteiger partial charge in [-0.05, 0) is 72.0 Å². The van der Waals surface area contributed by atoms with Crippen molar-refractivity contribution in [1.82, 2.24) is 9.80 Å². The predicted molar refractivity (Wildman–Crippen MR) is 141 cm³/mol. The minimum absolute atomic E-state index is 0.0163. The molecule has 2 heterocycles. The van der Waals surface area contributed by atoms with Gasteiger partial charge in [0.25, 0.3) is 0 Å². The number of likely N-dealkylation sites (tertiary alicyclic amines) is 1. The van der Waals surface area contributed by atoms with Gasteiger partial charge >= 0.3 is 6.09 Å². The van der Waals surface area contributed by atoms with Gasteiger partial charge in [-0.3, -0.25) is 4.79 Å². The molecule has 0 saturated carbocycles. The second-order valence-corrected chi connectivity index (χ2v) is 10.2. The maximum Gasteiger partial charge on any atom is 0.407 e. The largest absolute Gasteiger partial charge is 0.465 e. The molecule has 5 rings (SSSR count). The SMILES string of the molecule is CC(c1cc(Cl)cc2ccccc12)N(C)C(=O)CC1(c2ccc3occc3c2)CCN(C(=O)O)CC1. The topological polar surface area (TPSA) is 74.0 Å². The number of carboxylic acid groups (broad SMARTS) is 1. The van der Waals surface area contributed by atoms with Crippen LogP contribution < -0.4 is 0 Å². The fourth-order valence-electron chi connectivity index (χ4n) is 5.48. The molecular formula is C29H29ClN2O4. The van der Waals surface area contributed by atoms with Gasteiger partial charge in [0, 0.05) is 42.4 Å². The molecule has 6 nitrogen and oxygen atoms in total. The maximum atomic E-state index is 13.8. The number of piperidine rings is 1. The molecule has 0 bridgehead atoms. The van der Waals surface area contributed by atoms with Crippen molar-refractivity contribution < 1.29 is 19.1 Å². The monoisotopic (exact) mass is 504 g/mol. The summed E-state index contributed by atoms with van der Waals surface area (Å²) in [5.41, 5.74) is 2.38. The first-order valence-corrected chi connectivity index (χ1v) is 12.5. The van der Waals surface area contributed by atoms with Gasteiger partial charge in [0.05, 0.1) is 12.3 Å². The highest BCUT2D eigenvalue weighted by molar-refractivity contribution is 6.31. The Morgan fingerprint density at radius 3 is 2.58 bits per heavy atom. The van der Waals surface area contributed by atoms with Gasteiger partial charge in [-0.2, -0.15) is 0 Å². The maximum absolute atomic E-state index is 13.8. The number of furan rings is 1. The Morgan fingerprint density at radius 2 is 1.83 bits per heavy atom. The molecule has 4 aromatic rings. The first-order chi connectivity index (χ1) is 17.3. The van der Waals surface area contributed by atoms with E-state index in [-0.39, 0.29) is 11.9 Å². The number of rotatable bonds is 5. The number of carbonyl (C=O) groups is 2. The van der Waals surface area contributed by atoms with E-state index in [1.807, 2.05) is 62.5 Å². The van der Waals surface area contributed by atoms with Crippen LogP contribution in [-0.4, -0.2) is 47.0 Å². The van der Waals surface area contributed by atoms with Crippen molar-refractivity contribution >= 4 is 45.3 Å². The highest BCUT2D eigenvalue weighted by atomic mass is 35.5. The molecule has 36 heavy (non-hydrogen) atoms. The van der Waals surface area contributed by atoms with Gasteiger partial charge in [-0.1, -0.05) is 41.9 Å². The Kier molecular flexibility index (Phi) is 6.39. The number of hydrogen-bond donors (Lipinski definition) is 1. The Hall–Kier alpha value is -3.51. The zero-order chi connectivity index (χ0) is 25.4. The van der Waals surface area contributed by atoms with Gasteiger partial charge in [0.1, 0.15) is 5.58 Å². The lowest BCUT2D eigenvalue weighted by Gasteiger charge is -2.42. The molecule has 3 aromatic carbocycles. The van der Waals surface area contributed by atoms with Gasteiger partial charge in [0.2, 0.25) is 5.91 Å². The van der Waals surface area contributed by atoms with Crippen molar-refractivity contribution in [3.63, 3.8) is 0 Å². The third-order valence-corrected chi connectivity index (χ3v) is 8.05. The van der Waals surface area contributed by atoms with Gasteiger partial charge in [-0.25, -0.2) is 4.79 Å².